The minimum absolute atomic E-state index is 0.200. The number of thiol groups is 3. The number of nitrogens with one attached hydrogen (secondary N) is 1. The van der Waals surface area contributed by atoms with Crippen molar-refractivity contribution in [1.29, 1.82) is 0 Å². The van der Waals surface area contributed by atoms with Crippen LogP contribution in [0, 0.1) is 5.41 Å². The molecular weight excluding hydrogens is 787 g/mol. The Labute approximate surface area is 334 Å². The van der Waals surface area contributed by atoms with Gasteiger partial charge in [0.25, 0.3) is 0 Å². The average molecular weight is 851 g/mol. The Hall–Kier alpha value is 3.67. The predicted molar refractivity (Wildman–Crippen MR) is 246 cm³/mol. The molecular formula is C31H63NOS12. The van der Waals surface area contributed by atoms with Gasteiger partial charge >= 0.3 is 0 Å². The topological polar surface area (TPSA) is 29.1 Å². The van der Waals surface area contributed by atoms with Crippen LogP contribution < -0.4 is 5.32 Å². The number of carbonyl (C=O) groups is 1. The first-order valence-corrected chi connectivity index (χ1v) is 28.8. The van der Waals surface area contributed by atoms with Crippen molar-refractivity contribution in [2.24, 2.45) is 5.41 Å². The summed E-state index contributed by atoms with van der Waals surface area (Å²) in [7, 11) is 0. The number of rotatable bonds is 38. The van der Waals surface area contributed by atoms with Gasteiger partial charge in [0.15, 0.2) is 0 Å². The van der Waals surface area contributed by atoms with E-state index in [1.165, 1.54) is 86.3 Å². The molecule has 0 aromatic rings. The molecule has 0 aromatic carbocycles. The van der Waals surface area contributed by atoms with Crippen molar-refractivity contribution in [3.63, 3.8) is 0 Å². The molecule has 0 heterocycles. The maximum Gasteiger partial charge on any atom is 0.226 e. The van der Waals surface area contributed by atoms with Crippen molar-refractivity contribution >= 4 is 150 Å². The number of carbonyl (C=O) groups excluding carboxylic acids is 1. The van der Waals surface area contributed by atoms with E-state index in [2.05, 4.69) is 121 Å². The summed E-state index contributed by atoms with van der Waals surface area (Å²) in [5.41, 5.74) is -0.200. The minimum Gasteiger partial charge on any atom is -0.356 e. The third-order valence-corrected chi connectivity index (χ3v) is 18.8. The largest absolute Gasteiger partial charge is 0.356 e. The van der Waals surface area contributed by atoms with Gasteiger partial charge in [-0.1, -0.05) is 0 Å². The lowest BCUT2D eigenvalue weighted by Gasteiger charge is -2.33. The smallest absolute Gasteiger partial charge is 0.226 e. The van der Waals surface area contributed by atoms with E-state index in [-0.39, 0.29) is 5.41 Å². The van der Waals surface area contributed by atoms with E-state index in [4.69, 9.17) is 0 Å². The molecule has 0 atom stereocenters. The third kappa shape index (κ3) is 33.3. The van der Waals surface area contributed by atoms with Gasteiger partial charge < -0.3 is 5.32 Å². The quantitative estimate of drug-likeness (QED) is 0.0356. The van der Waals surface area contributed by atoms with Gasteiger partial charge in [-0.3, -0.25) is 4.79 Å². The van der Waals surface area contributed by atoms with Crippen LogP contribution in [-0.4, -0.2) is 133 Å². The molecule has 2 nitrogen and oxygen atoms in total. The standard InChI is InChI=1S/C31H63NOS12/c1-2-32-30(33)31(6-3-12-37-18-24-43-27-21-40-15-9-34,7-4-13-38-19-25-44-28-22-41-16-10-35)8-5-14-39-20-26-45-29-23-42-17-11-36/h34-36H,2-29H2,1H3,(H,32,33). The number of hydrogen-bond acceptors (Lipinski definition) is 13. The molecule has 0 aliphatic heterocycles. The van der Waals surface area contributed by atoms with Crippen LogP contribution in [0.3, 0.4) is 0 Å². The van der Waals surface area contributed by atoms with E-state index in [0.717, 1.165) is 79.6 Å². The van der Waals surface area contributed by atoms with Gasteiger partial charge in [0.2, 0.25) is 5.91 Å². The second-order valence-electron chi connectivity index (χ2n) is 10.1. The molecule has 1 amide bonds. The van der Waals surface area contributed by atoms with Crippen LogP contribution in [0.25, 0.3) is 0 Å². The van der Waals surface area contributed by atoms with Crippen LogP contribution in [0.15, 0.2) is 0 Å². The average Bonchev–Trinajstić information content (AvgIpc) is 3.04. The van der Waals surface area contributed by atoms with E-state index in [1.807, 2.05) is 35.3 Å². The van der Waals surface area contributed by atoms with Gasteiger partial charge in [-0.05, 0) is 80.0 Å². The second kappa shape index (κ2) is 40.4. The molecule has 1 N–H and O–H groups in total. The Morgan fingerprint density at radius 1 is 0.444 bits per heavy atom. The van der Waals surface area contributed by atoms with Gasteiger partial charge in [0, 0.05) is 98.3 Å². The van der Waals surface area contributed by atoms with Crippen LogP contribution >= 0.6 is 144 Å². The van der Waals surface area contributed by atoms with Crippen molar-refractivity contribution in [2.45, 2.75) is 45.4 Å². The fraction of sp³-hybridized carbons (Fsp3) is 0.968. The summed E-state index contributed by atoms with van der Waals surface area (Å²) in [5, 5.41) is 3.27. The minimum atomic E-state index is -0.200. The summed E-state index contributed by atoms with van der Waals surface area (Å²) in [5.74, 6) is 25.1. The molecule has 0 spiro atoms. The lowest BCUT2D eigenvalue weighted by atomic mass is 9.74. The normalized spacial score (nSPS) is 11.8. The molecule has 0 bridgehead atoms. The molecule has 0 aliphatic carbocycles. The van der Waals surface area contributed by atoms with E-state index >= 15 is 0 Å². The van der Waals surface area contributed by atoms with Crippen LogP contribution in [0.1, 0.15) is 45.4 Å². The molecule has 0 rings (SSSR count). The third-order valence-electron chi connectivity index (χ3n) is 6.59. The van der Waals surface area contributed by atoms with Crippen LogP contribution in [0.2, 0.25) is 0 Å². The Morgan fingerprint density at radius 2 is 0.689 bits per heavy atom. The lowest BCUT2D eigenvalue weighted by Crippen LogP contribution is -2.41. The SMILES string of the molecule is CCNC(=O)C(CCCSCCSCCSCCS)(CCCSCCSCCSCCS)CCCSCCSCCSCCS. The van der Waals surface area contributed by atoms with Crippen LogP contribution in [0.5, 0.6) is 0 Å². The zero-order valence-corrected chi connectivity index (χ0v) is 37.8. The van der Waals surface area contributed by atoms with Crippen molar-refractivity contribution in [1.82, 2.24) is 5.32 Å². The first kappa shape index (κ1) is 48.7. The molecule has 0 saturated carbocycles. The number of thioether (sulfide) groups is 9. The summed E-state index contributed by atoms with van der Waals surface area (Å²) in [6.07, 6.45) is 6.55. The fourth-order valence-corrected chi connectivity index (χ4v) is 14.5. The second-order valence-corrected chi connectivity index (χ2v) is 22.5. The van der Waals surface area contributed by atoms with Gasteiger partial charge in [-0.2, -0.15) is 144 Å². The van der Waals surface area contributed by atoms with Crippen molar-refractivity contribution in [2.75, 3.05) is 127 Å². The molecule has 0 fully saturated rings. The van der Waals surface area contributed by atoms with Crippen LogP contribution in [0.4, 0.5) is 0 Å². The molecule has 0 aromatic heterocycles. The Morgan fingerprint density at radius 3 is 0.933 bits per heavy atom. The summed E-state index contributed by atoms with van der Waals surface area (Å²) >= 11 is 31.4. The summed E-state index contributed by atoms with van der Waals surface area (Å²) in [6.45, 7) is 2.80. The van der Waals surface area contributed by atoms with Gasteiger partial charge in [-0.15, -0.1) is 0 Å². The maximum absolute atomic E-state index is 13.6. The van der Waals surface area contributed by atoms with Crippen molar-refractivity contribution in [3.05, 3.63) is 0 Å². The highest BCUT2D eigenvalue weighted by Gasteiger charge is 2.36. The Kier molecular flexibility index (Phi) is 43.7. The molecule has 14 heteroatoms. The van der Waals surface area contributed by atoms with Crippen LogP contribution in [-0.2, 0) is 4.79 Å². The predicted octanol–water partition coefficient (Wildman–Crippen LogP) is 9.84. The lowest BCUT2D eigenvalue weighted by molar-refractivity contribution is -0.132. The first-order valence-electron chi connectivity index (χ1n) is 16.5. The summed E-state index contributed by atoms with van der Waals surface area (Å²) < 4.78 is 0. The Balaban J connectivity index is 4.63. The molecule has 270 valence electrons. The highest BCUT2D eigenvalue weighted by molar-refractivity contribution is 8.05. The van der Waals surface area contributed by atoms with Crippen molar-refractivity contribution in [3.8, 4) is 0 Å². The molecule has 0 aliphatic rings. The highest BCUT2D eigenvalue weighted by atomic mass is 32.2. The fourth-order valence-electron chi connectivity index (χ4n) is 4.42. The molecule has 45 heavy (non-hydrogen) atoms. The van der Waals surface area contributed by atoms with Gasteiger partial charge in [0.05, 0.1) is 0 Å². The van der Waals surface area contributed by atoms with E-state index in [9.17, 15) is 4.79 Å². The monoisotopic (exact) mass is 849 g/mol. The summed E-state index contributed by atoms with van der Waals surface area (Å²) in [6, 6.07) is 0. The Bertz CT molecular complexity index is 544. The highest BCUT2D eigenvalue weighted by Crippen LogP contribution is 2.37. The zero-order valence-electron chi connectivity index (χ0n) is 27.7. The number of amides is 1. The van der Waals surface area contributed by atoms with E-state index in [0.29, 0.717) is 5.91 Å². The van der Waals surface area contributed by atoms with Crippen molar-refractivity contribution < 1.29 is 4.79 Å². The first-order chi connectivity index (χ1) is 22.2. The molecule has 0 unspecified atom stereocenters. The summed E-state index contributed by atoms with van der Waals surface area (Å²) in [4.78, 5) is 13.6. The van der Waals surface area contributed by atoms with E-state index < -0.39 is 0 Å². The molecule has 0 radical (unpaired) electrons. The van der Waals surface area contributed by atoms with E-state index in [1.54, 1.807) is 0 Å². The molecule has 0 saturated heterocycles. The van der Waals surface area contributed by atoms with Gasteiger partial charge in [0.1, 0.15) is 0 Å². The van der Waals surface area contributed by atoms with Gasteiger partial charge in [-0.25, -0.2) is 0 Å². The number of hydrogen-bond donors (Lipinski definition) is 4. The zero-order chi connectivity index (χ0) is 32.9. The maximum atomic E-state index is 13.6.